The van der Waals surface area contributed by atoms with Crippen molar-refractivity contribution in [2.45, 2.75) is 20.3 Å². The second-order valence-corrected chi connectivity index (χ2v) is 7.57. The molecule has 7 heteroatoms. The molecule has 0 saturated carbocycles. The highest BCUT2D eigenvalue weighted by Crippen LogP contribution is 2.31. The van der Waals surface area contributed by atoms with Gasteiger partial charge in [-0.25, -0.2) is 4.98 Å². The number of furan rings is 1. The Labute approximate surface area is 171 Å². The van der Waals surface area contributed by atoms with E-state index in [-0.39, 0.29) is 17.6 Å². The molecule has 2 N–H and O–H groups in total. The zero-order valence-corrected chi connectivity index (χ0v) is 16.8. The molecule has 4 rings (SSSR count). The van der Waals surface area contributed by atoms with Gasteiger partial charge >= 0.3 is 0 Å². The van der Waals surface area contributed by atoms with E-state index in [4.69, 9.17) is 4.42 Å². The minimum Gasteiger partial charge on any atom is -0.448 e. The number of nitrogens with zero attached hydrogens (tertiary/aromatic N) is 1. The van der Waals surface area contributed by atoms with Crippen molar-refractivity contribution in [3.05, 3.63) is 65.9 Å². The largest absolute Gasteiger partial charge is 0.448 e. The first-order chi connectivity index (χ1) is 14.0. The van der Waals surface area contributed by atoms with Gasteiger partial charge in [0, 0.05) is 17.8 Å². The van der Waals surface area contributed by atoms with Gasteiger partial charge in [-0.05, 0) is 48.9 Å². The van der Waals surface area contributed by atoms with Gasteiger partial charge in [-0.1, -0.05) is 25.1 Å². The molecule has 2 amide bonds. The van der Waals surface area contributed by atoms with Gasteiger partial charge < -0.3 is 15.1 Å². The molecule has 146 valence electrons. The zero-order valence-electron chi connectivity index (χ0n) is 16.0. The van der Waals surface area contributed by atoms with E-state index in [0.717, 1.165) is 20.8 Å². The number of thiazole rings is 1. The second-order valence-electron chi connectivity index (χ2n) is 6.54. The Morgan fingerprint density at radius 1 is 1.07 bits per heavy atom. The number of para-hydroxylation sites is 1. The minimum atomic E-state index is -0.362. The van der Waals surface area contributed by atoms with Crippen molar-refractivity contribution in [3.8, 4) is 10.8 Å². The normalized spacial score (nSPS) is 10.8. The average molecular weight is 405 g/mol. The Morgan fingerprint density at radius 2 is 1.90 bits per heavy atom. The van der Waals surface area contributed by atoms with E-state index in [1.807, 2.05) is 37.3 Å². The molecule has 6 nitrogen and oxygen atoms in total. The lowest BCUT2D eigenvalue weighted by molar-refractivity contribution is -0.115. The third kappa shape index (κ3) is 4.05. The van der Waals surface area contributed by atoms with Gasteiger partial charge in [-0.3, -0.25) is 9.59 Å². The summed E-state index contributed by atoms with van der Waals surface area (Å²) in [5.74, 6) is 0.302. The summed E-state index contributed by atoms with van der Waals surface area (Å²) in [6.07, 6.45) is 0.385. The van der Waals surface area contributed by atoms with Crippen LogP contribution in [0.5, 0.6) is 0 Å². The first kappa shape index (κ1) is 18.9. The van der Waals surface area contributed by atoms with Gasteiger partial charge in [0.05, 0.1) is 10.2 Å². The van der Waals surface area contributed by atoms with E-state index < -0.39 is 0 Å². The molecule has 0 fully saturated rings. The highest BCUT2D eigenvalue weighted by molar-refractivity contribution is 7.21. The number of carbonyl (C=O) groups excluding carboxylic acids is 2. The number of amides is 2. The smallest absolute Gasteiger partial charge is 0.291 e. The number of rotatable bonds is 5. The molecule has 29 heavy (non-hydrogen) atoms. The fourth-order valence-electron chi connectivity index (χ4n) is 2.82. The molecule has 0 saturated heterocycles. The quantitative estimate of drug-likeness (QED) is 0.461. The number of hydrogen-bond acceptors (Lipinski definition) is 5. The van der Waals surface area contributed by atoms with Crippen molar-refractivity contribution in [1.82, 2.24) is 4.98 Å². The first-order valence-corrected chi connectivity index (χ1v) is 10.0. The molecule has 2 heterocycles. The first-order valence-electron chi connectivity index (χ1n) is 9.21. The van der Waals surface area contributed by atoms with Crippen molar-refractivity contribution in [3.63, 3.8) is 0 Å². The molecule has 0 bridgehead atoms. The van der Waals surface area contributed by atoms with Crippen molar-refractivity contribution >= 4 is 44.7 Å². The van der Waals surface area contributed by atoms with Crippen LogP contribution in [0.25, 0.3) is 21.0 Å². The molecular formula is C22H19N3O3S. The van der Waals surface area contributed by atoms with Crippen LogP contribution in [-0.4, -0.2) is 16.8 Å². The minimum absolute atomic E-state index is 0.0855. The van der Waals surface area contributed by atoms with Crippen LogP contribution in [0.2, 0.25) is 0 Å². The Bertz CT molecular complexity index is 1180. The molecular weight excluding hydrogens is 386 g/mol. The van der Waals surface area contributed by atoms with Gasteiger partial charge in [0.2, 0.25) is 5.91 Å². The standard InChI is InChI=1S/C22H19N3O3S/c1-3-20(26)23-14-9-8-13(2)16(12-14)24-21(27)17-10-11-18(28-17)22-25-15-6-4-5-7-19(15)29-22/h4-12H,3H2,1-2H3,(H,23,26)(H,24,27). The topological polar surface area (TPSA) is 84.2 Å². The SMILES string of the molecule is CCC(=O)Nc1ccc(C)c(NC(=O)c2ccc(-c3nc4ccccc4s3)o2)c1. The number of fused-ring (bicyclic) bond motifs is 1. The van der Waals surface area contributed by atoms with Crippen LogP contribution in [0.1, 0.15) is 29.5 Å². The maximum Gasteiger partial charge on any atom is 0.291 e. The Morgan fingerprint density at radius 3 is 2.69 bits per heavy atom. The third-order valence-corrected chi connectivity index (χ3v) is 5.48. The molecule has 0 aliphatic heterocycles. The van der Waals surface area contributed by atoms with Gasteiger partial charge in [-0.2, -0.15) is 0 Å². The molecule has 0 aliphatic carbocycles. The van der Waals surface area contributed by atoms with E-state index in [2.05, 4.69) is 15.6 Å². The average Bonchev–Trinajstić information content (AvgIpc) is 3.37. The zero-order chi connectivity index (χ0) is 20.4. The van der Waals surface area contributed by atoms with Crippen LogP contribution in [0.3, 0.4) is 0 Å². The summed E-state index contributed by atoms with van der Waals surface area (Å²) in [5.41, 5.74) is 3.02. The van der Waals surface area contributed by atoms with Crippen molar-refractivity contribution in [2.24, 2.45) is 0 Å². The highest BCUT2D eigenvalue weighted by atomic mass is 32.1. The van der Waals surface area contributed by atoms with Crippen LogP contribution < -0.4 is 10.6 Å². The summed E-state index contributed by atoms with van der Waals surface area (Å²) in [7, 11) is 0. The highest BCUT2D eigenvalue weighted by Gasteiger charge is 2.16. The molecule has 0 aliphatic rings. The maximum absolute atomic E-state index is 12.7. The van der Waals surface area contributed by atoms with Crippen molar-refractivity contribution in [2.75, 3.05) is 10.6 Å². The van der Waals surface area contributed by atoms with Crippen LogP contribution in [0, 0.1) is 6.92 Å². The summed E-state index contributed by atoms with van der Waals surface area (Å²) in [6.45, 7) is 3.67. The fraction of sp³-hybridized carbons (Fsp3) is 0.136. The number of nitrogens with one attached hydrogen (secondary N) is 2. The molecule has 4 aromatic rings. The number of anilines is 2. The van der Waals surface area contributed by atoms with E-state index in [1.54, 1.807) is 31.2 Å². The van der Waals surface area contributed by atoms with Crippen LogP contribution in [-0.2, 0) is 4.79 Å². The predicted molar refractivity (Wildman–Crippen MR) is 115 cm³/mol. The van der Waals surface area contributed by atoms with E-state index >= 15 is 0 Å². The number of aryl methyl sites for hydroxylation is 1. The Kier molecular flexibility index (Phi) is 5.14. The predicted octanol–water partition coefficient (Wildman–Crippen LogP) is 5.47. The van der Waals surface area contributed by atoms with E-state index in [0.29, 0.717) is 23.6 Å². The summed E-state index contributed by atoms with van der Waals surface area (Å²) in [4.78, 5) is 28.8. The molecule has 0 spiro atoms. The number of hydrogen-bond donors (Lipinski definition) is 2. The lowest BCUT2D eigenvalue weighted by Gasteiger charge is -2.10. The molecule has 2 aromatic carbocycles. The third-order valence-electron chi connectivity index (χ3n) is 4.43. The number of aromatic nitrogens is 1. The monoisotopic (exact) mass is 405 g/mol. The van der Waals surface area contributed by atoms with Crippen molar-refractivity contribution < 1.29 is 14.0 Å². The molecule has 0 unspecified atom stereocenters. The lowest BCUT2D eigenvalue weighted by atomic mass is 10.1. The summed E-state index contributed by atoms with van der Waals surface area (Å²) < 4.78 is 6.81. The van der Waals surface area contributed by atoms with Gasteiger partial charge in [0.25, 0.3) is 5.91 Å². The second kappa shape index (κ2) is 7.89. The van der Waals surface area contributed by atoms with E-state index in [9.17, 15) is 9.59 Å². The molecule has 0 atom stereocenters. The number of carbonyl (C=O) groups is 2. The van der Waals surface area contributed by atoms with E-state index in [1.165, 1.54) is 11.3 Å². The maximum atomic E-state index is 12.7. The lowest BCUT2D eigenvalue weighted by Crippen LogP contribution is -2.13. The molecule has 2 aromatic heterocycles. The molecule has 0 radical (unpaired) electrons. The summed E-state index contributed by atoms with van der Waals surface area (Å²) >= 11 is 1.51. The van der Waals surface area contributed by atoms with Gasteiger partial charge in [-0.15, -0.1) is 11.3 Å². The fourth-order valence-corrected chi connectivity index (χ4v) is 3.75. The van der Waals surface area contributed by atoms with Gasteiger partial charge in [0.1, 0.15) is 0 Å². The summed E-state index contributed by atoms with van der Waals surface area (Å²) in [6, 6.07) is 16.6. The summed E-state index contributed by atoms with van der Waals surface area (Å²) in [5, 5.41) is 6.37. The van der Waals surface area contributed by atoms with Crippen LogP contribution >= 0.6 is 11.3 Å². The Balaban J connectivity index is 1.54. The van der Waals surface area contributed by atoms with Crippen LogP contribution in [0.15, 0.2) is 59.0 Å². The van der Waals surface area contributed by atoms with Crippen molar-refractivity contribution in [1.29, 1.82) is 0 Å². The Hall–Kier alpha value is -3.45. The van der Waals surface area contributed by atoms with Gasteiger partial charge in [0.15, 0.2) is 16.5 Å². The number of benzene rings is 2. The van der Waals surface area contributed by atoms with Crippen LogP contribution in [0.4, 0.5) is 11.4 Å².